The number of aryl methyl sites for hydroxylation is 1. The number of aliphatic hydroxyl groups excluding tert-OH is 1. The quantitative estimate of drug-likeness (QED) is 0.873. The number of aliphatic hydroxyl groups is 1. The van der Waals surface area contributed by atoms with Crippen LogP contribution in [0.15, 0.2) is 18.2 Å². The number of carbonyl (C=O) groups excluding carboxylic acids is 1. The molecule has 2 N–H and O–H groups in total. The zero-order valence-corrected chi connectivity index (χ0v) is 12.6. The Labute approximate surface area is 126 Å². The molecule has 5 nitrogen and oxygen atoms in total. The Hall–Kier alpha value is -1.96. The number of likely N-dealkylation sites (N-methyl/N-ethyl adjacent to an activating group) is 1. The molecular weight excluding hydrogens is 301 g/mol. The Morgan fingerprint density at radius 3 is 2.59 bits per heavy atom. The van der Waals surface area contributed by atoms with Crippen molar-refractivity contribution in [3.63, 3.8) is 0 Å². The molecule has 0 aliphatic carbocycles. The van der Waals surface area contributed by atoms with E-state index in [0.717, 1.165) is 16.0 Å². The highest BCUT2D eigenvalue weighted by Gasteiger charge is 2.39. The maximum atomic E-state index is 12.2. The van der Waals surface area contributed by atoms with Crippen LogP contribution in [0.3, 0.4) is 0 Å². The number of urea groups is 1. The number of hydrogen-bond donors (Lipinski definition) is 2. The molecule has 0 fully saturated rings. The van der Waals surface area contributed by atoms with Gasteiger partial charge in [0.05, 0.1) is 13.7 Å². The summed E-state index contributed by atoms with van der Waals surface area (Å²) in [5, 5.41) is 11.4. The normalized spacial score (nSPS) is 12.7. The monoisotopic (exact) mass is 320 g/mol. The van der Waals surface area contributed by atoms with Crippen LogP contribution in [0.4, 0.5) is 18.0 Å². The van der Waals surface area contributed by atoms with E-state index < -0.39 is 24.9 Å². The summed E-state index contributed by atoms with van der Waals surface area (Å²) >= 11 is 0. The largest absolute Gasteiger partial charge is 0.496 e. The Bertz CT molecular complexity index is 521. The van der Waals surface area contributed by atoms with Crippen LogP contribution in [0.5, 0.6) is 5.75 Å². The highest BCUT2D eigenvalue weighted by Crippen LogP contribution is 2.20. The molecule has 8 heteroatoms. The lowest BCUT2D eigenvalue weighted by molar-refractivity contribution is -0.205. The summed E-state index contributed by atoms with van der Waals surface area (Å²) < 4.78 is 41.8. The van der Waals surface area contributed by atoms with Gasteiger partial charge in [0.15, 0.2) is 6.10 Å². The summed E-state index contributed by atoms with van der Waals surface area (Å²) in [5.41, 5.74) is 1.67. The summed E-state index contributed by atoms with van der Waals surface area (Å²) in [4.78, 5) is 12.5. The number of alkyl halides is 3. The van der Waals surface area contributed by atoms with Crippen LogP contribution in [-0.2, 0) is 6.54 Å². The lowest BCUT2D eigenvalue weighted by Gasteiger charge is -2.22. The lowest BCUT2D eigenvalue weighted by Crippen LogP contribution is -2.45. The molecule has 0 heterocycles. The van der Waals surface area contributed by atoms with Gasteiger partial charge in [-0.15, -0.1) is 0 Å². The average Bonchev–Trinajstić information content (AvgIpc) is 2.43. The first kappa shape index (κ1) is 18.1. The van der Waals surface area contributed by atoms with Gasteiger partial charge in [0.2, 0.25) is 0 Å². The Morgan fingerprint density at radius 1 is 1.45 bits per heavy atom. The predicted molar refractivity (Wildman–Crippen MR) is 74.7 cm³/mol. The van der Waals surface area contributed by atoms with E-state index in [1.807, 2.05) is 13.0 Å². The second-order valence-electron chi connectivity index (χ2n) is 4.90. The van der Waals surface area contributed by atoms with Crippen LogP contribution in [0, 0.1) is 6.92 Å². The number of rotatable bonds is 5. The zero-order chi connectivity index (χ0) is 16.9. The van der Waals surface area contributed by atoms with Gasteiger partial charge in [-0.1, -0.05) is 12.1 Å². The molecule has 0 saturated heterocycles. The van der Waals surface area contributed by atoms with Crippen LogP contribution < -0.4 is 10.1 Å². The second-order valence-corrected chi connectivity index (χ2v) is 4.90. The average molecular weight is 320 g/mol. The molecule has 0 bridgehead atoms. The molecule has 1 aromatic rings. The summed E-state index contributed by atoms with van der Waals surface area (Å²) in [6.07, 6.45) is -7.31. The van der Waals surface area contributed by atoms with Crippen molar-refractivity contribution >= 4 is 6.03 Å². The van der Waals surface area contributed by atoms with Gasteiger partial charge >= 0.3 is 12.2 Å². The minimum Gasteiger partial charge on any atom is -0.496 e. The third-order valence-corrected chi connectivity index (χ3v) is 3.07. The molecule has 124 valence electrons. The fourth-order valence-corrected chi connectivity index (χ4v) is 1.81. The van der Waals surface area contributed by atoms with E-state index >= 15 is 0 Å². The van der Waals surface area contributed by atoms with Crippen LogP contribution >= 0.6 is 0 Å². The molecule has 0 aromatic heterocycles. The minimum absolute atomic E-state index is 0.163. The number of ether oxygens (including phenoxy) is 1. The molecule has 22 heavy (non-hydrogen) atoms. The van der Waals surface area contributed by atoms with E-state index in [2.05, 4.69) is 5.32 Å². The summed E-state index contributed by atoms with van der Waals surface area (Å²) in [5.74, 6) is 0.709. The van der Waals surface area contributed by atoms with Crippen molar-refractivity contribution < 1.29 is 27.8 Å². The Morgan fingerprint density at radius 2 is 2.09 bits per heavy atom. The fraction of sp³-hybridized carbons (Fsp3) is 0.500. The van der Waals surface area contributed by atoms with E-state index in [4.69, 9.17) is 9.84 Å². The van der Waals surface area contributed by atoms with Gasteiger partial charge in [-0.2, -0.15) is 13.2 Å². The van der Waals surface area contributed by atoms with Gasteiger partial charge in [0.25, 0.3) is 0 Å². The van der Waals surface area contributed by atoms with Gasteiger partial charge in [0, 0.05) is 13.6 Å². The number of hydrogen-bond acceptors (Lipinski definition) is 3. The van der Waals surface area contributed by atoms with Crippen LogP contribution in [0.25, 0.3) is 0 Å². The maximum absolute atomic E-state index is 12.2. The summed E-state index contributed by atoms with van der Waals surface area (Å²) in [7, 11) is 2.73. The molecular formula is C14H19F3N2O3. The van der Waals surface area contributed by atoms with Gasteiger partial charge in [-0.25, -0.2) is 4.79 Å². The van der Waals surface area contributed by atoms with Crippen molar-refractivity contribution in [1.29, 1.82) is 0 Å². The van der Waals surface area contributed by atoms with Crippen molar-refractivity contribution in [2.75, 3.05) is 20.7 Å². The van der Waals surface area contributed by atoms with Crippen LogP contribution in [0.1, 0.15) is 11.1 Å². The first-order valence-corrected chi connectivity index (χ1v) is 6.52. The van der Waals surface area contributed by atoms with E-state index in [-0.39, 0.29) is 6.54 Å². The van der Waals surface area contributed by atoms with Crippen molar-refractivity contribution in [3.8, 4) is 5.75 Å². The molecule has 0 aliphatic heterocycles. The number of nitrogens with one attached hydrogen (secondary N) is 1. The maximum Gasteiger partial charge on any atom is 0.416 e. The summed E-state index contributed by atoms with van der Waals surface area (Å²) in [6.45, 7) is 1.18. The van der Waals surface area contributed by atoms with Crippen molar-refractivity contribution in [3.05, 3.63) is 29.3 Å². The van der Waals surface area contributed by atoms with Crippen molar-refractivity contribution in [2.45, 2.75) is 25.7 Å². The number of halogens is 3. The van der Waals surface area contributed by atoms with Crippen molar-refractivity contribution in [1.82, 2.24) is 10.2 Å². The molecule has 0 radical (unpaired) electrons. The smallest absolute Gasteiger partial charge is 0.416 e. The first-order valence-electron chi connectivity index (χ1n) is 6.52. The van der Waals surface area contributed by atoms with Gasteiger partial charge < -0.3 is 20.1 Å². The van der Waals surface area contributed by atoms with E-state index in [0.29, 0.717) is 5.75 Å². The molecule has 1 unspecified atom stereocenters. The predicted octanol–water partition coefficient (Wildman–Crippen LogP) is 2.07. The number of nitrogens with zero attached hydrogens (tertiary/aromatic N) is 1. The standard InChI is InChI=1S/C14H19F3N2O3/c1-9-6-10(4-5-11(9)22-3)7-18-13(21)19(2)8-12(20)14(15,16)17/h4-6,12,20H,7-8H2,1-3H3,(H,18,21). The number of carbonyl (C=O) groups is 1. The fourth-order valence-electron chi connectivity index (χ4n) is 1.81. The summed E-state index contributed by atoms with van der Waals surface area (Å²) in [6, 6.07) is 4.60. The topological polar surface area (TPSA) is 61.8 Å². The minimum atomic E-state index is -4.75. The van der Waals surface area contributed by atoms with E-state index in [1.165, 1.54) is 7.05 Å². The SMILES string of the molecule is COc1ccc(CNC(=O)N(C)CC(O)C(F)(F)F)cc1C. The molecule has 1 rings (SSSR count). The van der Waals surface area contributed by atoms with Gasteiger partial charge in [-0.05, 0) is 24.1 Å². The molecule has 0 saturated carbocycles. The Kier molecular flexibility index (Phi) is 6.04. The first-order chi connectivity index (χ1) is 10.1. The van der Waals surface area contributed by atoms with Gasteiger partial charge in [0.1, 0.15) is 5.75 Å². The van der Waals surface area contributed by atoms with Crippen LogP contribution in [-0.4, -0.2) is 49.0 Å². The Balaban J connectivity index is 2.53. The third kappa shape index (κ3) is 5.10. The third-order valence-electron chi connectivity index (χ3n) is 3.07. The molecule has 1 aromatic carbocycles. The highest BCUT2D eigenvalue weighted by atomic mass is 19.4. The molecule has 1 atom stereocenters. The number of amides is 2. The molecule has 0 aliphatic rings. The zero-order valence-electron chi connectivity index (χ0n) is 12.6. The number of benzene rings is 1. The van der Waals surface area contributed by atoms with E-state index in [9.17, 15) is 18.0 Å². The molecule has 2 amide bonds. The number of methoxy groups -OCH3 is 1. The highest BCUT2D eigenvalue weighted by molar-refractivity contribution is 5.73. The van der Waals surface area contributed by atoms with Crippen LogP contribution in [0.2, 0.25) is 0 Å². The van der Waals surface area contributed by atoms with E-state index in [1.54, 1.807) is 19.2 Å². The van der Waals surface area contributed by atoms with Gasteiger partial charge in [-0.3, -0.25) is 0 Å². The second kappa shape index (κ2) is 7.35. The molecule has 0 spiro atoms. The lowest BCUT2D eigenvalue weighted by atomic mass is 10.1. The van der Waals surface area contributed by atoms with Crippen molar-refractivity contribution in [2.24, 2.45) is 0 Å².